The molecule has 18 heavy (non-hydrogen) atoms. The van der Waals surface area contributed by atoms with Crippen LogP contribution in [0.5, 0.6) is 0 Å². The number of aromatic nitrogens is 3. The molecule has 0 radical (unpaired) electrons. The fourth-order valence-electron chi connectivity index (χ4n) is 2.03. The van der Waals surface area contributed by atoms with Gasteiger partial charge in [0, 0.05) is 12.1 Å². The van der Waals surface area contributed by atoms with Crippen molar-refractivity contribution in [3.05, 3.63) is 12.7 Å². The summed E-state index contributed by atoms with van der Waals surface area (Å²) in [6.07, 6.45) is 3.80. The molecule has 0 saturated heterocycles. The van der Waals surface area contributed by atoms with Gasteiger partial charge in [0.2, 0.25) is 5.91 Å². The van der Waals surface area contributed by atoms with Gasteiger partial charge < -0.3 is 11.1 Å². The van der Waals surface area contributed by atoms with E-state index in [0.29, 0.717) is 12.5 Å². The first kappa shape index (κ1) is 14.6. The fourth-order valence-corrected chi connectivity index (χ4v) is 2.03. The van der Waals surface area contributed by atoms with Gasteiger partial charge in [0.1, 0.15) is 18.7 Å². The van der Waals surface area contributed by atoms with Crippen LogP contribution in [0.4, 0.5) is 0 Å². The van der Waals surface area contributed by atoms with Crippen molar-refractivity contribution in [1.29, 1.82) is 0 Å². The van der Waals surface area contributed by atoms with Crippen LogP contribution >= 0.6 is 0 Å². The maximum Gasteiger partial charge on any atom is 0.245 e. The van der Waals surface area contributed by atoms with E-state index in [2.05, 4.69) is 29.2 Å². The van der Waals surface area contributed by atoms with Crippen molar-refractivity contribution < 1.29 is 4.79 Å². The first-order valence-corrected chi connectivity index (χ1v) is 6.24. The lowest BCUT2D eigenvalue weighted by Crippen LogP contribution is -2.53. The highest BCUT2D eigenvalue weighted by Crippen LogP contribution is 2.16. The monoisotopic (exact) mass is 253 g/mol. The molecule has 1 aromatic rings. The maximum absolute atomic E-state index is 12.1. The zero-order valence-electron chi connectivity index (χ0n) is 11.6. The quantitative estimate of drug-likeness (QED) is 0.782. The molecular weight excluding hydrogens is 230 g/mol. The van der Waals surface area contributed by atoms with E-state index >= 15 is 0 Å². The standard InChI is InChI=1S/C12H23N5O/c1-9(2)5-12(4,6-13)16-11(18)10(3)17-8-14-7-15-17/h7-10H,5-6,13H2,1-4H3,(H,16,18). The number of nitrogens with zero attached hydrogens (tertiary/aromatic N) is 3. The Labute approximate surface area is 108 Å². The molecule has 0 aromatic carbocycles. The van der Waals surface area contributed by atoms with E-state index in [1.165, 1.54) is 17.3 Å². The summed E-state index contributed by atoms with van der Waals surface area (Å²) in [7, 11) is 0. The van der Waals surface area contributed by atoms with Gasteiger partial charge in [-0.25, -0.2) is 9.67 Å². The second-order valence-electron chi connectivity index (χ2n) is 5.40. The Morgan fingerprint density at radius 1 is 1.50 bits per heavy atom. The molecule has 2 atom stereocenters. The number of nitrogens with one attached hydrogen (secondary N) is 1. The van der Waals surface area contributed by atoms with E-state index < -0.39 is 0 Å². The Balaban J connectivity index is 2.67. The average molecular weight is 253 g/mol. The third-order valence-corrected chi connectivity index (χ3v) is 2.95. The first-order chi connectivity index (χ1) is 8.38. The van der Waals surface area contributed by atoms with Crippen molar-refractivity contribution in [1.82, 2.24) is 20.1 Å². The van der Waals surface area contributed by atoms with Crippen LogP contribution in [0, 0.1) is 5.92 Å². The minimum atomic E-state index is -0.384. The molecule has 1 amide bonds. The van der Waals surface area contributed by atoms with E-state index in [0.717, 1.165) is 6.42 Å². The molecule has 0 fully saturated rings. The second-order valence-corrected chi connectivity index (χ2v) is 5.40. The molecule has 0 spiro atoms. The summed E-state index contributed by atoms with van der Waals surface area (Å²) in [5.74, 6) is 0.384. The van der Waals surface area contributed by atoms with E-state index in [1.807, 2.05) is 6.92 Å². The van der Waals surface area contributed by atoms with Crippen LogP contribution in [-0.2, 0) is 4.79 Å². The lowest BCUT2D eigenvalue weighted by Gasteiger charge is -2.32. The molecule has 2 unspecified atom stereocenters. The first-order valence-electron chi connectivity index (χ1n) is 6.24. The third kappa shape index (κ3) is 3.80. The molecule has 0 aliphatic rings. The van der Waals surface area contributed by atoms with Crippen LogP contribution in [0.25, 0.3) is 0 Å². The van der Waals surface area contributed by atoms with Crippen molar-refractivity contribution in [2.75, 3.05) is 6.54 Å². The lowest BCUT2D eigenvalue weighted by atomic mass is 9.90. The summed E-state index contributed by atoms with van der Waals surface area (Å²) in [6.45, 7) is 8.40. The molecule has 0 saturated carbocycles. The number of nitrogens with two attached hydrogens (primary N) is 1. The highest BCUT2D eigenvalue weighted by Gasteiger charge is 2.28. The van der Waals surface area contributed by atoms with Crippen LogP contribution in [0.2, 0.25) is 0 Å². The van der Waals surface area contributed by atoms with Gasteiger partial charge in [0.25, 0.3) is 0 Å². The van der Waals surface area contributed by atoms with Gasteiger partial charge in [0.15, 0.2) is 0 Å². The van der Waals surface area contributed by atoms with Crippen molar-refractivity contribution in [3.63, 3.8) is 0 Å². The van der Waals surface area contributed by atoms with Crippen LogP contribution in [-0.4, -0.2) is 32.8 Å². The highest BCUT2D eigenvalue weighted by atomic mass is 16.2. The topological polar surface area (TPSA) is 85.8 Å². The molecule has 1 aromatic heterocycles. The van der Waals surface area contributed by atoms with Gasteiger partial charge >= 0.3 is 0 Å². The second kappa shape index (κ2) is 5.95. The Kier molecular flexibility index (Phi) is 4.84. The number of hydrogen-bond acceptors (Lipinski definition) is 4. The van der Waals surface area contributed by atoms with Gasteiger partial charge in [-0.3, -0.25) is 4.79 Å². The van der Waals surface area contributed by atoms with Crippen molar-refractivity contribution in [2.24, 2.45) is 11.7 Å². The summed E-state index contributed by atoms with van der Waals surface area (Å²) in [4.78, 5) is 16.0. The van der Waals surface area contributed by atoms with E-state index in [1.54, 1.807) is 6.92 Å². The molecule has 0 bridgehead atoms. The molecule has 6 nitrogen and oxygen atoms in total. The maximum atomic E-state index is 12.1. The van der Waals surface area contributed by atoms with Gasteiger partial charge in [-0.15, -0.1) is 0 Å². The fraction of sp³-hybridized carbons (Fsp3) is 0.750. The smallest absolute Gasteiger partial charge is 0.245 e. The summed E-state index contributed by atoms with van der Waals surface area (Å²) in [5, 5.41) is 6.98. The van der Waals surface area contributed by atoms with Crippen molar-refractivity contribution in [3.8, 4) is 0 Å². The lowest BCUT2D eigenvalue weighted by molar-refractivity contribution is -0.126. The summed E-state index contributed by atoms with van der Waals surface area (Å²) < 4.78 is 1.53. The van der Waals surface area contributed by atoms with Crippen LogP contribution in [0.3, 0.4) is 0 Å². The minimum Gasteiger partial charge on any atom is -0.348 e. The summed E-state index contributed by atoms with van der Waals surface area (Å²) in [6, 6.07) is -0.384. The molecule has 102 valence electrons. The highest BCUT2D eigenvalue weighted by molar-refractivity contribution is 5.80. The van der Waals surface area contributed by atoms with Gasteiger partial charge in [-0.05, 0) is 26.2 Å². The average Bonchev–Trinajstić information content (AvgIpc) is 2.80. The van der Waals surface area contributed by atoms with E-state index in [4.69, 9.17) is 5.73 Å². The zero-order chi connectivity index (χ0) is 13.8. The van der Waals surface area contributed by atoms with Crippen molar-refractivity contribution >= 4 is 5.91 Å². The third-order valence-electron chi connectivity index (χ3n) is 2.95. The Morgan fingerprint density at radius 2 is 2.17 bits per heavy atom. The Morgan fingerprint density at radius 3 is 2.61 bits per heavy atom. The Hall–Kier alpha value is -1.43. The Bertz CT molecular complexity index is 376. The SMILES string of the molecule is CC(C)CC(C)(CN)NC(=O)C(C)n1cncn1. The van der Waals surface area contributed by atoms with E-state index in [-0.39, 0.29) is 17.5 Å². The number of amides is 1. The van der Waals surface area contributed by atoms with Crippen LogP contribution < -0.4 is 11.1 Å². The molecule has 1 heterocycles. The number of hydrogen-bond donors (Lipinski definition) is 2. The minimum absolute atomic E-state index is 0.0888. The summed E-state index contributed by atoms with van der Waals surface area (Å²) in [5.41, 5.74) is 5.40. The normalized spacial score (nSPS) is 16.3. The zero-order valence-corrected chi connectivity index (χ0v) is 11.6. The molecule has 0 aliphatic carbocycles. The van der Waals surface area contributed by atoms with E-state index in [9.17, 15) is 4.79 Å². The number of rotatable bonds is 6. The van der Waals surface area contributed by atoms with Gasteiger partial charge in [-0.1, -0.05) is 13.8 Å². The van der Waals surface area contributed by atoms with Crippen LogP contribution in [0.15, 0.2) is 12.7 Å². The van der Waals surface area contributed by atoms with Gasteiger partial charge in [-0.2, -0.15) is 5.10 Å². The molecule has 6 heteroatoms. The predicted octanol–water partition coefficient (Wildman–Crippen LogP) is 0.719. The molecular formula is C12H23N5O. The number of carbonyl (C=O) groups excluding carboxylic acids is 1. The molecule has 0 aliphatic heterocycles. The van der Waals surface area contributed by atoms with Gasteiger partial charge in [0.05, 0.1) is 0 Å². The van der Waals surface area contributed by atoms with Crippen LogP contribution in [0.1, 0.15) is 40.2 Å². The predicted molar refractivity (Wildman–Crippen MR) is 69.8 cm³/mol. The van der Waals surface area contributed by atoms with Crippen molar-refractivity contribution in [2.45, 2.75) is 45.7 Å². The number of carbonyl (C=O) groups is 1. The summed E-state index contributed by atoms with van der Waals surface area (Å²) >= 11 is 0. The largest absolute Gasteiger partial charge is 0.348 e. The molecule has 3 N–H and O–H groups in total. The molecule has 1 rings (SSSR count).